The number of aromatic nitrogens is 3. The van der Waals surface area contributed by atoms with E-state index in [-0.39, 0.29) is 5.82 Å². The zero-order valence-electron chi connectivity index (χ0n) is 11.8. The molecule has 1 N–H and O–H groups in total. The van der Waals surface area contributed by atoms with Crippen molar-refractivity contribution in [2.75, 3.05) is 0 Å². The van der Waals surface area contributed by atoms with E-state index < -0.39 is 10.7 Å². The average molecular weight is 304 g/mol. The molecule has 0 radical (unpaired) electrons. The molecule has 1 aromatic carbocycles. The van der Waals surface area contributed by atoms with Gasteiger partial charge in [0.25, 0.3) is 0 Å². The summed E-state index contributed by atoms with van der Waals surface area (Å²) in [6.45, 7) is 4.15. The smallest absolute Gasteiger partial charge is 0.143 e. The summed E-state index contributed by atoms with van der Waals surface area (Å²) in [6, 6.07) is 7.32. The van der Waals surface area contributed by atoms with Crippen LogP contribution in [0.5, 0.6) is 0 Å². The molecule has 110 valence electrons. The van der Waals surface area contributed by atoms with E-state index in [9.17, 15) is 4.39 Å². The van der Waals surface area contributed by atoms with E-state index in [2.05, 4.69) is 23.9 Å². The number of nitrogens with one attached hydrogen (secondary N) is 1. The zero-order chi connectivity index (χ0) is 15.0. The minimum atomic E-state index is -1.30. The maximum atomic E-state index is 13.2. The second kappa shape index (κ2) is 5.37. The monoisotopic (exact) mass is 304 g/mol. The van der Waals surface area contributed by atoms with Crippen molar-refractivity contribution in [1.82, 2.24) is 14.8 Å². The fourth-order valence-electron chi connectivity index (χ4n) is 2.18. The SMILES string of the molecule is CC(C)[SH2](=N)c1ccc2nn(-c3cncc(F)c3)cc2c1. The number of pyridine rings is 1. The van der Waals surface area contributed by atoms with Crippen LogP contribution in [0.4, 0.5) is 4.39 Å². The van der Waals surface area contributed by atoms with Crippen molar-refractivity contribution in [3.63, 3.8) is 0 Å². The molecule has 0 unspecified atom stereocenters. The highest BCUT2D eigenvalue weighted by molar-refractivity contribution is 7.86. The summed E-state index contributed by atoms with van der Waals surface area (Å²) >= 11 is 0. The van der Waals surface area contributed by atoms with Gasteiger partial charge >= 0.3 is 0 Å². The number of halogens is 1. The lowest BCUT2D eigenvalue weighted by molar-refractivity contribution is 0.618. The van der Waals surface area contributed by atoms with Crippen LogP contribution in [0.15, 0.2) is 47.8 Å². The standard InChI is InChI=1S/C15H17FN4S/c1-10(2)21(17)14-3-4-15-11(5-14)9-20(19-15)13-6-12(16)7-18-8-13/h3-10,17H,21H2,1-2H3. The summed E-state index contributed by atoms with van der Waals surface area (Å²) < 4.78 is 23.1. The van der Waals surface area contributed by atoms with Gasteiger partial charge in [0.2, 0.25) is 0 Å². The lowest BCUT2D eigenvalue weighted by atomic mass is 10.3. The molecule has 0 atom stereocenters. The molecule has 6 heteroatoms. The first kappa shape index (κ1) is 13.9. The molecule has 0 fully saturated rings. The van der Waals surface area contributed by atoms with Crippen LogP contribution >= 0.6 is 0 Å². The van der Waals surface area contributed by atoms with Crippen LogP contribution in [0, 0.1) is 10.6 Å². The van der Waals surface area contributed by atoms with Crippen LogP contribution in [0.3, 0.4) is 0 Å². The minimum absolute atomic E-state index is 0.356. The summed E-state index contributed by atoms with van der Waals surface area (Å²) in [6.07, 6.45) is 4.59. The highest BCUT2D eigenvalue weighted by Crippen LogP contribution is 2.21. The molecular formula is C15H17FN4S. The topological polar surface area (TPSA) is 54.6 Å². The predicted octanol–water partition coefficient (Wildman–Crippen LogP) is 3.17. The van der Waals surface area contributed by atoms with Gasteiger partial charge in [0.05, 0.1) is 23.6 Å². The number of rotatable bonds is 3. The van der Waals surface area contributed by atoms with E-state index >= 15 is 0 Å². The van der Waals surface area contributed by atoms with Crippen molar-refractivity contribution in [2.24, 2.45) is 0 Å². The Labute approximate surface area is 124 Å². The fourth-order valence-corrected chi connectivity index (χ4v) is 3.43. The van der Waals surface area contributed by atoms with Gasteiger partial charge in [-0.3, -0.25) is 9.76 Å². The van der Waals surface area contributed by atoms with Gasteiger partial charge in [0, 0.05) is 17.6 Å². The van der Waals surface area contributed by atoms with Crippen molar-refractivity contribution in [3.8, 4) is 5.69 Å². The van der Waals surface area contributed by atoms with Crippen LogP contribution in [0.1, 0.15) is 13.8 Å². The van der Waals surface area contributed by atoms with E-state index in [1.54, 1.807) is 10.9 Å². The highest BCUT2D eigenvalue weighted by atomic mass is 32.2. The number of fused-ring (bicyclic) bond motifs is 1. The third kappa shape index (κ3) is 2.71. The largest absolute Gasteiger partial charge is 0.299 e. The maximum Gasteiger partial charge on any atom is 0.143 e. The molecule has 2 heterocycles. The van der Waals surface area contributed by atoms with E-state index in [0.29, 0.717) is 10.9 Å². The van der Waals surface area contributed by atoms with Crippen molar-refractivity contribution in [1.29, 1.82) is 4.78 Å². The lowest BCUT2D eigenvalue weighted by Gasteiger charge is -2.12. The van der Waals surface area contributed by atoms with Gasteiger partial charge in [-0.05, 0) is 28.3 Å². The first-order valence-electron chi connectivity index (χ1n) is 6.74. The van der Waals surface area contributed by atoms with Crippen molar-refractivity contribution < 1.29 is 4.39 Å². The van der Waals surface area contributed by atoms with Crippen LogP contribution < -0.4 is 0 Å². The Morgan fingerprint density at radius 3 is 2.76 bits per heavy atom. The number of hydrogen-bond acceptors (Lipinski definition) is 3. The molecule has 2 aromatic heterocycles. The molecule has 0 bridgehead atoms. The van der Waals surface area contributed by atoms with Crippen molar-refractivity contribution in [3.05, 3.63) is 48.7 Å². The van der Waals surface area contributed by atoms with Crippen molar-refractivity contribution in [2.45, 2.75) is 24.0 Å². The Balaban J connectivity index is 2.06. The summed E-state index contributed by atoms with van der Waals surface area (Å²) in [5.41, 5.74) is 1.43. The molecular weight excluding hydrogens is 287 g/mol. The van der Waals surface area contributed by atoms with E-state index in [4.69, 9.17) is 4.78 Å². The van der Waals surface area contributed by atoms with Gasteiger partial charge < -0.3 is 0 Å². The minimum Gasteiger partial charge on any atom is -0.299 e. The molecule has 0 spiro atoms. The van der Waals surface area contributed by atoms with Crippen LogP contribution in [-0.4, -0.2) is 20.0 Å². The van der Waals surface area contributed by atoms with Gasteiger partial charge in [-0.25, -0.2) is 9.07 Å². The Bertz CT molecular complexity index is 825. The van der Waals surface area contributed by atoms with Gasteiger partial charge in [-0.2, -0.15) is 15.8 Å². The summed E-state index contributed by atoms with van der Waals surface area (Å²) in [7, 11) is -1.30. The normalized spacial score (nSPS) is 12.1. The Morgan fingerprint density at radius 2 is 2.05 bits per heavy atom. The second-order valence-corrected chi connectivity index (χ2v) is 7.84. The van der Waals surface area contributed by atoms with Crippen LogP contribution in [0.2, 0.25) is 0 Å². The molecule has 0 amide bonds. The zero-order valence-corrected chi connectivity index (χ0v) is 12.8. The summed E-state index contributed by atoms with van der Waals surface area (Å²) in [5.74, 6) is -0.385. The van der Waals surface area contributed by atoms with Gasteiger partial charge in [0.1, 0.15) is 5.82 Å². The Morgan fingerprint density at radius 1 is 1.24 bits per heavy atom. The second-order valence-electron chi connectivity index (χ2n) is 5.28. The van der Waals surface area contributed by atoms with E-state index in [1.165, 1.54) is 12.3 Å². The quantitative estimate of drug-likeness (QED) is 0.808. The highest BCUT2D eigenvalue weighted by Gasteiger charge is 2.07. The van der Waals surface area contributed by atoms with Crippen molar-refractivity contribution >= 4 is 21.6 Å². The molecule has 3 aromatic rings. The number of benzene rings is 1. The predicted molar refractivity (Wildman–Crippen MR) is 85.1 cm³/mol. The average Bonchev–Trinajstić information content (AvgIpc) is 2.89. The Hall–Kier alpha value is -2.08. The first-order chi connectivity index (χ1) is 10.0. The molecule has 4 nitrogen and oxygen atoms in total. The molecule has 0 aliphatic heterocycles. The molecule has 0 aliphatic carbocycles. The maximum absolute atomic E-state index is 13.2. The number of nitrogens with zero attached hydrogens (tertiary/aromatic N) is 3. The van der Waals surface area contributed by atoms with Gasteiger partial charge in [-0.1, -0.05) is 13.8 Å². The van der Waals surface area contributed by atoms with Crippen LogP contribution in [-0.2, 0) is 10.7 Å². The molecule has 3 rings (SSSR count). The van der Waals surface area contributed by atoms with E-state index in [1.807, 2.05) is 24.4 Å². The number of hydrogen-bond donors (Lipinski definition) is 1. The molecule has 21 heavy (non-hydrogen) atoms. The third-order valence-corrected chi connectivity index (χ3v) is 5.44. The van der Waals surface area contributed by atoms with E-state index in [0.717, 1.165) is 15.8 Å². The molecule has 0 saturated carbocycles. The lowest BCUT2D eigenvalue weighted by Crippen LogP contribution is -2.03. The Kier molecular flexibility index (Phi) is 3.55. The first-order valence-corrected chi connectivity index (χ1v) is 8.31. The van der Waals surface area contributed by atoms with Gasteiger partial charge in [0.15, 0.2) is 0 Å². The van der Waals surface area contributed by atoms with Gasteiger partial charge in [-0.15, -0.1) is 0 Å². The third-order valence-electron chi connectivity index (χ3n) is 3.35. The molecule has 0 aliphatic rings. The van der Waals surface area contributed by atoms with Crippen LogP contribution in [0.25, 0.3) is 16.6 Å². The fraction of sp³-hybridized carbons (Fsp3) is 0.200. The molecule has 0 saturated heterocycles. The summed E-state index contributed by atoms with van der Waals surface area (Å²) in [4.78, 5) is 4.91. The summed E-state index contributed by atoms with van der Waals surface area (Å²) in [5, 5.41) is 5.75.